The first-order chi connectivity index (χ1) is 8.58. The molecule has 6 heteroatoms. The van der Waals surface area contributed by atoms with Crippen LogP contribution in [0.2, 0.25) is 0 Å². The van der Waals surface area contributed by atoms with Crippen molar-refractivity contribution in [3.63, 3.8) is 0 Å². The van der Waals surface area contributed by atoms with E-state index in [0.717, 1.165) is 22.5 Å². The molecule has 0 atom stereocenters. The first-order valence-electron chi connectivity index (χ1n) is 5.47. The van der Waals surface area contributed by atoms with E-state index in [-0.39, 0.29) is 5.91 Å². The van der Waals surface area contributed by atoms with E-state index in [2.05, 4.69) is 10.2 Å². The molecule has 0 spiro atoms. The summed E-state index contributed by atoms with van der Waals surface area (Å²) < 4.78 is 0. The molecule has 0 saturated carbocycles. The largest absolute Gasteiger partial charge is 0.374 e. The second kappa shape index (κ2) is 5.14. The van der Waals surface area contributed by atoms with Crippen LogP contribution < -0.4 is 5.73 Å². The second-order valence-corrected chi connectivity index (χ2v) is 5.04. The molecule has 0 aliphatic carbocycles. The fraction of sp³-hybridized carbons (Fsp3) is 0.250. The number of nitrogens with two attached hydrogens (primary N) is 1. The second-order valence-electron chi connectivity index (χ2n) is 4.03. The Balaban J connectivity index is 2.11. The van der Waals surface area contributed by atoms with Gasteiger partial charge in [-0.15, -0.1) is 10.2 Å². The van der Waals surface area contributed by atoms with Crippen LogP contribution in [0.3, 0.4) is 0 Å². The zero-order chi connectivity index (χ0) is 13.1. The highest BCUT2D eigenvalue weighted by Gasteiger charge is 2.17. The topological polar surface area (TPSA) is 72.1 Å². The van der Waals surface area contributed by atoms with Crippen LogP contribution in [0.15, 0.2) is 24.3 Å². The summed E-state index contributed by atoms with van der Waals surface area (Å²) in [6, 6.07) is 7.97. The van der Waals surface area contributed by atoms with Crippen molar-refractivity contribution < 1.29 is 4.79 Å². The third-order valence-electron chi connectivity index (χ3n) is 2.64. The number of hydrogen-bond donors (Lipinski definition) is 1. The van der Waals surface area contributed by atoms with Gasteiger partial charge in [0.1, 0.15) is 0 Å². The molecule has 18 heavy (non-hydrogen) atoms. The van der Waals surface area contributed by atoms with E-state index in [1.165, 1.54) is 0 Å². The molecule has 0 unspecified atom stereocenters. The third-order valence-corrected chi connectivity index (χ3v) is 3.38. The highest BCUT2D eigenvalue weighted by Crippen LogP contribution is 2.15. The maximum Gasteiger partial charge on any atom is 0.284 e. The minimum Gasteiger partial charge on any atom is -0.374 e. The number of nitrogens with zero attached hydrogens (tertiary/aromatic N) is 3. The molecule has 2 N–H and O–H groups in total. The Bertz CT molecular complexity index is 567. The normalized spacial score (nSPS) is 10.3. The maximum atomic E-state index is 12.1. The van der Waals surface area contributed by atoms with Gasteiger partial charge >= 0.3 is 0 Å². The Morgan fingerprint density at radius 2 is 2.11 bits per heavy atom. The van der Waals surface area contributed by atoms with E-state index < -0.39 is 0 Å². The van der Waals surface area contributed by atoms with Crippen molar-refractivity contribution in [3.05, 3.63) is 40.4 Å². The highest BCUT2D eigenvalue weighted by molar-refractivity contribution is 7.16. The highest BCUT2D eigenvalue weighted by atomic mass is 32.1. The molecule has 0 aliphatic rings. The van der Waals surface area contributed by atoms with Gasteiger partial charge in [-0.1, -0.05) is 35.6 Å². The standard InChI is InChI=1S/C12H14N4OS/c1-8-5-3-4-6-9(8)7-16(2)11(17)10-14-15-12(13)18-10/h3-6H,7H2,1-2H3,(H2,13,15). The summed E-state index contributed by atoms with van der Waals surface area (Å²) in [4.78, 5) is 13.7. The van der Waals surface area contributed by atoms with Crippen LogP contribution in [0.25, 0.3) is 0 Å². The molecule has 1 aromatic carbocycles. The van der Waals surface area contributed by atoms with Gasteiger partial charge < -0.3 is 10.6 Å². The van der Waals surface area contributed by atoms with Crippen molar-refractivity contribution in [2.75, 3.05) is 12.8 Å². The zero-order valence-electron chi connectivity index (χ0n) is 10.3. The van der Waals surface area contributed by atoms with Gasteiger partial charge in [0.15, 0.2) is 0 Å². The van der Waals surface area contributed by atoms with E-state index in [4.69, 9.17) is 5.73 Å². The van der Waals surface area contributed by atoms with Gasteiger partial charge in [0.05, 0.1) is 0 Å². The summed E-state index contributed by atoms with van der Waals surface area (Å²) in [5, 5.41) is 8.03. The van der Waals surface area contributed by atoms with E-state index in [9.17, 15) is 4.79 Å². The number of hydrogen-bond acceptors (Lipinski definition) is 5. The van der Waals surface area contributed by atoms with Crippen molar-refractivity contribution in [2.24, 2.45) is 0 Å². The SMILES string of the molecule is Cc1ccccc1CN(C)C(=O)c1nnc(N)s1. The van der Waals surface area contributed by atoms with E-state index in [1.807, 2.05) is 31.2 Å². The molecule has 0 fully saturated rings. The van der Waals surface area contributed by atoms with Gasteiger partial charge in [-0.05, 0) is 18.1 Å². The molecule has 5 nitrogen and oxygen atoms in total. The molecule has 0 bridgehead atoms. The van der Waals surface area contributed by atoms with Crippen LogP contribution in [0, 0.1) is 6.92 Å². The molecular formula is C12H14N4OS. The van der Waals surface area contributed by atoms with Crippen LogP contribution in [0.5, 0.6) is 0 Å². The number of aryl methyl sites for hydroxylation is 1. The molecule has 0 radical (unpaired) electrons. The lowest BCUT2D eigenvalue weighted by Gasteiger charge is -2.16. The van der Waals surface area contributed by atoms with Gasteiger partial charge in [-0.25, -0.2) is 0 Å². The monoisotopic (exact) mass is 262 g/mol. The lowest BCUT2D eigenvalue weighted by molar-refractivity contribution is 0.0783. The maximum absolute atomic E-state index is 12.1. The van der Waals surface area contributed by atoms with Crippen molar-refractivity contribution >= 4 is 22.4 Å². The first-order valence-corrected chi connectivity index (χ1v) is 6.28. The quantitative estimate of drug-likeness (QED) is 0.913. The molecule has 2 rings (SSSR count). The fourth-order valence-electron chi connectivity index (χ4n) is 1.60. The number of anilines is 1. The lowest BCUT2D eigenvalue weighted by Crippen LogP contribution is -2.26. The van der Waals surface area contributed by atoms with Gasteiger partial charge in [-0.2, -0.15) is 0 Å². The summed E-state index contributed by atoms with van der Waals surface area (Å²) in [5.74, 6) is -0.160. The van der Waals surface area contributed by atoms with Gasteiger partial charge in [-0.3, -0.25) is 4.79 Å². The van der Waals surface area contributed by atoms with Gasteiger partial charge in [0.25, 0.3) is 5.91 Å². The number of nitrogen functional groups attached to an aromatic ring is 1. The molecule has 0 saturated heterocycles. The Morgan fingerprint density at radius 1 is 1.39 bits per heavy atom. The summed E-state index contributed by atoms with van der Waals surface area (Å²) in [7, 11) is 1.74. The number of carbonyl (C=O) groups excluding carboxylic acids is 1. The predicted molar refractivity (Wildman–Crippen MR) is 71.3 cm³/mol. The summed E-state index contributed by atoms with van der Waals surface area (Å²) >= 11 is 1.10. The van der Waals surface area contributed by atoms with Crippen molar-refractivity contribution in [1.82, 2.24) is 15.1 Å². The molecule has 0 aliphatic heterocycles. The fourth-order valence-corrected chi connectivity index (χ4v) is 2.20. The average Bonchev–Trinajstić information content (AvgIpc) is 2.78. The molecular weight excluding hydrogens is 248 g/mol. The van der Waals surface area contributed by atoms with Crippen LogP contribution in [0.1, 0.15) is 20.9 Å². The van der Waals surface area contributed by atoms with Crippen LogP contribution in [-0.2, 0) is 6.54 Å². The molecule has 94 valence electrons. The van der Waals surface area contributed by atoms with Crippen LogP contribution in [0.4, 0.5) is 5.13 Å². The van der Waals surface area contributed by atoms with Crippen molar-refractivity contribution in [1.29, 1.82) is 0 Å². The first kappa shape index (κ1) is 12.5. The van der Waals surface area contributed by atoms with Crippen LogP contribution >= 0.6 is 11.3 Å². The Morgan fingerprint density at radius 3 is 2.72 bits per heavy atom. The van der Waals surface area contributed by atoms with Gasteiger partial charge in [0, 0.05) is 13.6 Å². The van der Waals surface area contributed by atoms with Crippen molar-refractivity contribution in [3.8, 4) is 0 Å². The Hall–Kier alpha value is -1.95. The number of benzene rings is 1. The van der Waals surface area contributed by atoms with E-state index in [1.54, 1.807) is 11.9 Å². The smallest absolute Gasteiger partial charge is 0.284 e. The van der Waals surface area contributed by atoms with Crippen molar-refractivity contribution in [2.45, 2.75) is 13.5 Å². The average molecular weight is 262 g/mol. The molecule has 1 aromatic heterocycles. The Labute approximate surface area is 109 Å². The number of rotatable bonds is 3. The Kier molecular flexibility index (Phi) is 3.57. The minimum absolute atomic E-state index is 0.160. The predicted octanol–water partition coefficient (Wildman–Crippen LogP) is 1.70. The molecule has 1 amide bonds. The third kappa shape index (κ3) is 2.65. The number of aromatic nitrogens is 2. The van der Waals surface area contributed by atoms with E-state index >= 15 is 0 Å². The zero-order valence-corrected chi connectivity index (χ0v) is 11.1. The number of amides is 1. The summed E-state index contributed by atoms with van der Waals surface area (Å²) in [6.07, 6.45) is 0. The molecule has 1 heterocycles. The summed E-state index contributed by atoms with van der Waals surface area (Å²) in [5.41, 5.74) is 7.74. The summed E-state index contributed by atoms with van der Waals surface area (Å²) in [6.45, 7) is 2.57. The molecule has 2 aromatic rings. The van der Waals surface area contributed by atoms with E-state index in [0.29, 0.717) is 16.7 Å². The number of carbonyl (C=O) groups is 1. The van der Waals surface area contributed by atoms with Gasteiger partial charge in [0.2, 0.25) is 10.1 Å². The van der Waals surface area contributed by atoms with Crippen LogP contribution in [-0.4, -0.2) is 28.1 Å². The lowest BCUT2D eigenvalue weighted by atomic mass is 10.1. The minimum atomic E-state index is -0.160.